The Kier molecular flexibility index (Phi) is 4.51. The van der Waals surface area contributed by atoms with E-state index in [2.05, 4.69) is 0 Å². The van der Waals surface area contributed by atoms with Crippen LogP contribution >= 0.6 is 0 Å². The van der Waals surface area contributed by atoms with Gasteiger partial charge in [-0.15, -0.1) is 0 Å². The molecule has 2 aromatic carbocycles. The second kappa shape index (κ2) is 6.19. The standard InChI is InChI=1S/C16H14F3NO2/c17-16(18,19)13-7-5-12(6-8-13)11-3-1-10(2-4-11)9-14(20)15(21)22/h1-8,14H,9,20H2,(H,21,22). The smallest absolute Gasteiger partial charge is 0.416 e. The van der Waals surface area contributed by atoms with Crippen molar-refractivity contribution >= 4 is 5.97 Å². The van der Waals surface area contributed by atoms with Gasteiger partial charge in [0.05, 0.1) is 5.56 Å². The normalized spacial score (nSPS) is 12.9. The van der Waals surface area contributed by atoms with Gasteiger partial charge >= 0.3 is 12.1 Å². The second-order valence-corrected chi connectivity index (χ2v) is 4.92. The van der Waals surface area contributed by atoms with E-state index in [9.17, 15) is 18.0 Å². The predicted molar refractivity (Wildman–Crippen MR) is 76.2 cm³/mol. The van der Waals surface area contributed by atoms with Gasteiger partial charge in [-0.25, -0.2) is 0 Å². The lowest BCUT2D eigenvalue weighted by Crippen LogP contribution is -2.32. The highest BCUT2D eigenvalue weighted by atomic mass is 19.4. The fourth-order valence-corrected chi connectivity index (χ4v) is 2.03. The van der Waals surface area contributed by atoms with Crippen LogP contribution in [0.4, 0.5) is 13.2 Å². The fraction of sp³-hybridized carbons (Fsp3) is 0.188. The molecule has 0 aromatic heterocycles. The Morgan fingerprint density at radius 2 is 1.45 bits per heavy atom. The number of alkyl halides is 3. The van der Waals surface area contributed by atoms with Gasteiger partial charge in [0.1, 0.15) is 6.04 Å². The van der Waals surface area contributed by atoms with Crippen LogP contribution in [0.25, 0.3) is 11.1 Å². The summed E-state index contributed by atoms with van der Waals surface area (Å²) < 4.78 is 37.5. The highest BCUT2D eigenvalue weighted by Crippen LogP contribution is 2.31. The van der Waals surface area contributed by atoms with Crippen LogP contribution in [0.1, 0.15) is 11.1 Å². The minimum Gasteiger partial charge on any atom is -0.480 e. The maximum Gasteiger partial charge on any atom is 0.416 e. The van der Waals surface area contributed by atoms with Gasteiger partial charge in [0.15, 0.2) is 0 Å². The molecule has 3 nitrogen and oxygen atoms in total. The van der Waals surface area contributed by atoms with Gasteiger partial charge in [0.2, 0.25) is 0 Å². The molecule has 0 aliphatic heterocycles. The van der Waals surface area contributed by atoms with E-state index >= 15 is 0 Å². The summed E-state index contributed by atoms with van der Waals surface area (Å²) in [4.78, 5) is 10.7. The molecule has 1 atom stereocenters. The molecular formula is C16H14F3NO2. The van der Waals surface area contributed by atoms with Crippen molar-refractivity contribution in [2.24, 2.45) is 5.73 Å². The Bertz CT molecular complexity index is 649. The highest BCUT2D eigenvalue weighted by Gasteiger charge is 2.29. The molecule has 0 spiro atoms. The summed E-state index contributed by atoms with van der Waals surface area (Å²) in [5.74, 6) is -1.08. The lowest BCUT2D eigenvalue weighted by Gasteiger charge is -2.09. The van der Waals surface area contributed by atoms with E-state index < -0.39 is 23.8 Å². The quantitative estimate of drug-likeness (QED) is 0.910. The van der Waals surface area contributed by atoms with E-state index in [1.165, 1.54) is 12.1 Å². The van der Waals surface area contributed by atoms with E-state index in [1.807, 2.05) is 0 Å². The Balaban J connectivity index is 2.15. The number of benzene rings is 2. The number of hydrogen-bond donors (Lipinski definition) is 2. The number of halogens is 3. The van der Waals surface area contributed by atoms with Crippen LogP contribution in [0.3, 0.4) is 0 Å². The summed E-state index contributed by atoms with van der Waals surface area (Å²) >= 11 is 0. The molecule has 116 valence electrons. The van der Waals surface area contributed by atoms with Gasteiger partial charge in [-0.3, -0.25) is 4.79 Å². The molecule has 0 saturated heterocycles. The molecule has 0 amide bonds. The molecule has 0 saturated carbocycles. The van der Waals surface area contributed by atoms with Gasteiger partial charge < -0.3 is 10.8 Å². The zero-order chi connectivity index (χ0) is 16.3. The first-order valence-electron chi connectivity index (χ1n) is 6.52. The fourth-order valence-electron chi connectivity index (χ4n) is 2.03. The van der Waals surface area contributed by atoms with Crippen molar-refractivity contribution in [3.63, 3.8) is 0 Å². The Morgan fingerprint density at radius 1 is 1.00 bits per heavy atom. The van der Waals surface area contributed by atoms with Crippen LogP contribution in [0.15, 0.2) is 48.5 Å². The first kappa shape index (κ1) is 16.0. The van der Waals surface area contributed by atoms with E-state index in [4.69, 9.17) is 10.8 Å². The van der Waals surface area contributed by atoms with Crippen molar-refractivity contribution in [3.05, 3.63) is 59.7 Å². The zero-order valence-corrected chi connectivity index (χ0v) is 11.5. The van der Waals surface area contributed by atoms with Crippen molar-refractivity contribution in [1.29, 1.82) is 0 Å². The SMILES string of the molecule is NC(Cc1ccc(-c2ccc(C(F)(F)F)cc2)cc1)C(=O)O. The van der Waals surface area contributed by atoms with Crippen molar-refractivity contribution < 1.29 is 23.1 Å². The number of rotatable bonds is 4. The summed E-state index contributed by atoms with van der Waals surface area (Å²) in [6, 6.07) is 10.8. The average molecular weight is 309 g/mol. The van der Waals surface area contributed by atoms with Crippen molar-refractivity contribution in [2.45, 2.75) is 18.6 Å². The molecule has 2 rings (SSSR count). The van der Waals surface area contributed by atoms with Crippen LogP contribution < -0.4 is 5.73 Å². The van der Waals surface area contributed by atoms with Crippen LogP contribution in [-0.2, 0) is 17.4 Å². The van der Waals surface area contributed by atoms with E-state index in [1.54, 1.807) is 24.3 Å². The lowest BCUT2D eigenvalue weighted by atomic mass is 10.00. The molecule has 0 aliphatic carbocycles. The monoisotopic (exact) mass is 309 g/mol. The van der Waals surface area contributed by atoms with Gasteiger partial charge in [-0.2, -0.15) is 13.2 Å². The van der Waals surface area contributed by atoms with E-state index in [0.29, 0.717) is 5.56 Å². The summed E-state index contributed by atoms with van der Waals surface area (Å²) in [7, 11) is 0. The molecule has 0 aliphatic rings. The number of carboxylic acids is 1. The number of hydrogen-bond acceptors (Lipinski definition) is 2. The van der Waals surface area contributed by atoms with Crippen LogP contribution in [0.5, 0.6) is 0 Å². The second-order valence-electron chi connectivity index (χ2n) is 4.92. The van der Waals surface area contributed by atoms with Crippen LogP contribution in [-0.4, -0.2) is 17.1 Å². The summed E-state index contributed by atoms with van der Waals surface area (Å²) in [5.41, 5.74) is 6.92. The topological polar surface area (TPSA) is 63.3 Å². The Hall–Kier alpha value is -2.34. The Morgan fingerprint density at radius 3 is 1.86 bits per heavy atom. The highest BCUT2D eigenvalue weighted by molar-refractivity contribution is 5.73. The minimum absolute atomic E-state index is 0.197. The number of carboxylic acid groups (broad SMARTS) is 1. The number of carbonyl (C=O) groups is 1. The first-order chi connectivity index (χ1) is 10.3. The molecule has 22 heavy (non-hydrogen) atoms. The molecule has 2 aromatic rings. The molecule has 0 bridgehead atoms. The van der Waals surface area contributed by atoms with Crippen LogP contribution in [0.2, 0.25) is 0 Å². The molecule has 0 radical (unpaired) electrons. The summed E-state index contributed by atoms with van der Waals surface area (Å²) in [6.07, 6.45) is -4.15. The van der Waals surface area contributed by atoms with Gasteiger partial charge in [0, 0.05) is 0 Å². The maximum absolute atomic E-state index is 12.5. The number of nitrogens with two attached hydrogens (primary N) is 1. The third-order valence-electron chi connectivity index (χ3n) is 3.27. The maximum atomic E-state index is 12.5. The molecule has 0 heterocycles. The molecular weight excluding hydrogens is 295 g/mol. The first-order valence-corrected chi connectivity index (χ1v) is 6.52. The third kappa shape index (κ3) is 3.85. The van der Waals surface area contributed by atoms with Gasteiger partial charge in [0.25, 0.3) is 0 Å². The predicted octanol–water partition coefficient (Wildman–Crippen LogP) is 3.33. The third-order valence-corrected chi connectivity index (χ3v) is 3.27. The summed E-state index contributed by atoms with van der Waals surface area (Å²) in [5, 5.41) is 8.75. The average Bonchev–Trinajstić information content (AvgIpc) is 2.47. The molecule has 0 fully saturated rings. The Labute approximate surface area is 125 Å². The van der Waals surface area contributed by atoms with Crippen LogP contribution in [0, 0.1) is 0 Å². The number of aliphatic carboxylic acids is 1. The summed E-state index contributed by atoms with van der Waals surface area (Å²) in [6.45, 7) is 0. The zero-order valence-electron chi connectivity index (χ0n) is 11.5. The molecule has 3 N–H and O–H groups in total. The molecule has 1 unspecified atom stereocenters. The van der Waals surface area contributed by atoms with Crippen molar-refractivity contribution in [2.75, 3.05) is 0 Å². The largest absolute Gasteiger partial charge is 0.480 e. The minimum atomic E-state index is -4.35. The van der Waals surface area contributed by atoms with Crippen molar-refractivity contribution in [1.82, 2.24) is 0 Å². The van der Waals surface area contributed by atoms with Gasteiger partial charge in [-0.1, -0.05) is 36.4 Å². The van der Waals surface area contributed by atoms with E-state index in [0.717, 1.165) is 23.3 Å². The molecule has 6 heteroatoms. The van der Waals surface area contributed by atoms with Crippen molar-refractivity contribution in [3.8, 4) is 11.1 Å². The van der Waals surface area contributed by atoms with Gasteiger partial charge in [-0.05, 0) is 35.2 Å². The lowest BCUT2D eigenvalue weighted by molar-refractivity contribution is -0.139. The van der Waals surface area contributed by atoms with E-state index in [-0.39, 0.29) is 6.42 Å².